The van der Waals surface area contributed by atoms with E-state index in [9.17, 15) is 9.59 Å². The molecule has 0 saturated carbocycles. The van der Waals surface area contributed by atoms with E-state index in [0.29, 0.717) is 17.6 Å². The van der Waals surface area contributed by atoms with Gasteiger partial charge in [-0.15, -0.1) is 0 Å². The van der Waals surface area contributed by atoms with Gasteiger partial charge in [-0.05, 0) is 32.9 Å². The Bertz CT molecular complexity index is 1280. The van der Waals surface area contributed by atoms with Gasteiger partial charge in [-0.3, -0.25) is 14.5 Å². The molecular weight excluding hydrogens is 444 g/mol. The van der Waals surface area contributed by atoms with E-state index < -0.39 is 0 Å². The number of amides is 1. The molecule has 0 aliphatic carbocycles. The predicted molar refractivity (Wildman–Crippen MR) is 134 cm³/mol. The second-order valence-electron chi connectivity index (χ2n) is 9.93. The summed E-state index contributed by atoms with van der Waals surface area (Å²) in [4.78, 5) is 34.3. The summed E-state index contributed by atoms with van der Waals surface area (Å²) in [5.74, 6) is 0.873. The standard InChI is InChI=1S/C26H32N6O3/c1-5-22(33)17(2)30-9-11-31(12-10-30)21-14-23-18(15-26(3,4)35-23)13-20(21)29-25(34)19-16-28-32-8-6-7-27-24(19)32/h6-8,13-14,16-17H,5,9-12,15H2,1-4H3,(H,29,34)/t17-/m1/s1. The number of ether oxygens (including phenoxy) is 1. The van der Waals surface area contributed by atoms with Gasteiger partial charge < -0.3 is 15.0 Å². The maximum atomic E-state index is 13.3. The molecule has 35 heavy (non-hydrogen) atoms. The van der Waals surface area contributed by atoms with Crippen LogP contribution in [-0.4, -0.2) is 69.0 Å². The zero-order valence-corrected chi connectivity index (χ0v) is 20.7. The molecule has 9 nitrogen and oxygen atoms in total. The van der Waals surface area contributed by atoms with Gasteiger partial charge in [0, 0.05) is 63.0 Å². The second-order valence-corrected chi connectivity index (χ2v) is 9.93. The summed E-state index contributed by atoms with van der Waals surface area (Å²) in [5, 5.41) is 7.37. The first-order valence-corrected chi connectivity index (χ1v) is 12.2. The van der Waals surface area contributed by atoms with Crippen molar-refractivity contribution < 1.29 is 14.3 Å². The minimum atomic E-state index is -0.288. The molecule has 0 spiro atoms. The number of carbonyl (C=O) groups excluding carboxylic acids is 2. The number of hydrogen-bond donors (Lipinski definition) is 1. The number of piperazine rings is 1. The van der Waals surface area contributed by atoms with Crippen LogP contribution in [0.2, 0.25) is 0 Å². The molecule has 3 aromatic rings. The lowest BCUT2D eigenvalue weighted by Crippen LogP contribution is -2.51. The van der Waals surface area contributed by atoms with Crippen molar-refractivity contribution in [3.8, 4) is 5.75 Å². The van der Waals surface area contributed by atoms with E-state index >= 15 is 0 Å². The molecule has 4 heterocycles. The molecule has 0 unspecified atom stereocenters. The van der Waals surface area contributed by atoms with Gasteiger partial charge in [-0.2, -0.15) is 5.10 Å². The molecular formula is C26H32N6O3. The van der Waals surface area contributed by atoms with Gasteiger partial charge in [0.05, 0.1) is 23.6 Å². The molecule has 2 aliphatic rings. The summed E-state index contributed by atoms with van der Waals surface area (Å²) in [7, 11) is 0. The molecule has 1 amide bonds. The average Bonchev–Trinajstić information content (AvgIpc) is 3.41. The van der Waals surface area contributed by atoms with Crippen LogP contribution in [0.3, 0.4) is 0 Å². The number of benzene rings is 1. The Labute approximate surface area is 205 Å². The molecule has 184 valence electrons. The number of anilines is 2. The predicted octanol–water partition coefficient (Wildman–Crippen LogP) is 3.18. The van der Waals surface area contributed by atoms with Gasteiger partial charge in [0.15, 0.2) is 5.65 Å². The summed E-state index contributed by atoms with van der Waals surface area (Å²) < 4.78 is 7.79. The van der Waals surface area contributed by atoms with Gasteiger partial charge >= 0.3 is 0 Å². The normalized spacial score (nSPS) is 18.2. The fraction of sp³-hybridized carbons (Fsp3) is 0.462. The van der Waals surface area contributed by atoms with Crippen LogP contribution in [0.5, 0.6) is 5.75 Å². The second kappa shape index (κ2) is 8.96. The molecule has 1 aromatic carbocycles. The maximum Gasteiger partial charge on any atom is 0.261 e. The molecule has 1 saturated heterocycles. The molecule has 5 rings (SSSR count). The van der Waals surface area contributed by atoms with E-state index in [-0.39, 0.29) is 23.3 Å². The van der Waals surface area contributed by atoms with E-state index in [0.717, 1.165) is 55.3 Å². The monoisotopic (exact) mass is 476 g/mol. The third kappa shape index (κ3) is 4.48. The zero-order valence-electron chi connectivity index (χ0n) is 20.7. The molecule has 1 atom stereocenters. The van der Waals surface area contributed by atoms with Crippen LogP contribution < -0.4 is 15.0 Å². The van der Waals surface area contributed by atoms with Crippen molar-refractivity contribution in [2.45, 2.75) is 52.2 Å². The molecule has 1 N–H and O–H groups in total. The van der Waals surface area contributed by atoms with Gasteiger partial charge in [-0.25, -0.2) is 9.50 Å². The van der Waals surface area contributed by atoms with Crippen LogP contribution >= 0.6 is 0 Å². The summed E-state index contributed by atoms with van der Waals surface area (Å²) in [6.45, 7) is 11.1. The van der Waals surface area contributed by atoms with Crippen LogP contribution in [0.1, 0.15) is 50.0 Å². The zero-order chi connectivity index (χ0) is 24.7. The van der Waals surface area contributed by atoms with Crippen LogP contribution in [0.15, 0.2) is 36.8 Å². The number of ketones is 1. The first-order chi connectivity index (χ1) is 16.8. The lowest BCUT2D eigenvalue weighted by atomic mass is 10.0. The molecule has 1 fully saturated rings. The third-order valence-electron chi connectivity index (χ3n) is 6.97. The van der Waals surface area contributed by atoms with Crippen LogP contribution in [0, 0.1) is 0 Å². The van der Waals surface area contributed by atoms with Gasteiger partial charge in [0.1, 0.15) is 22.7 Å². The highest BCUT2D eigenvalue weighted by molar-refractivity contribution is 6.09. The van der Waals surface area contributed by atoms with Crippen molar-refractivity contribution in [1.82, 2.24) is 19.5 Å². The van der Waals surface area contributed by atoms with E-state index in [1.807, 2.05) is 26.0 Å². The Morgan fingerprint density at radius 3 is 2.71 bits per heavy atom. The Morgan fingerprint density at radius 2 is 1.97 bits per heavy atom. The highest BCUT2D eigenvalue weighted by atomic mass is 16.5. The summed E-state index contributed by atoms with van der Waals surface area (Å²) in [5.41, 5.74) is 3.40. The Kier molecular flexibility index (Phi) is 5.96. The number of nitrogens with one attached hydrogen (secondary N) is 1. The van der Waals surface area contributed by atoms with Crippen molar-refractivity contribution in [1.29, 1.82) is 0 Å². The van der Waals surface area contributed by atoms with Crippen LogP contribution in [0.4, 0.5) is 11.4 Å². The Hall–Kier alpha value is -3.46. The molecule has 9 heteroatoms. The summed E-state index contributed by atoms with van der Waals surface area (Å²) in [6, 6.07) is 5.78. The third-order valence-corrected chi connectivity index (χ3v) is 6.97. The van der Waals surface area contributed by atoms with E-state index in [2.05, 4.69) is 39.0 Å². The van der Waals surface area contributed by atoms with Crippen molar-refractivity contribution >= 4 is 28.7 Å². The van der Waals surface area contributed by atoms with Crippen molar-refractivity contribution in [3.63, 3.8) is 0 Å². The number of hydrogen-bond acceptors (Lipinski definition) is 7. The van der Waals surface area contributed by atoms with E-state index in [4.69, 9.17) is 4.74 Å². The largest absolute Gasteiger partial charge is 0.487 e. The molecule has 2 aliphatic heterocycles. The number of rotatable bonds is 6. The van der Waals surface area contributed by atoms with Crippen LogP contribution in [0.25, 0.3) is 5.65 Å². The first-order valence-electron chi connectivity index (χ1n) is 12.2. The average molecular weight is 477 g/mol. The fourth-order valence-electron chi connectivity index (χ4n) is 5.03. The lowest BCUT2D eigenvalue weighted by Gasteiger charge is -2.39. The molecule has 0 bridgehead atoms. The van der Waals surface area contributed by atoms with Gasteiger partial charge in [0.2, 0.25) is 0 Å². The number of carbonyl (C=O) groups is 2. The number of aromatic nitrogens is 3. The SMILES string of the molecule is CCC(=O)[C@@H](C)N1CCN(c2cc3c(cc2NC(=O)c2cnn4cccnc24)CC(C)(C)O3)CC1. The van der Waals surface area contributed by atoms with Crippen molar-refractivity contribution in [3.05, 3.63) is 47.9 Å². The van der Waals surface area contributed by atoms with Gasteiger partial charge in [0.25, 0.3) is 5.91 Å². The van der Waals surface area contributed by atoms with E-state index in [1.165, 1.54) is 0 Å². The Morgan fingerprint density at radius 1 is 1.20 bits per heavy atom. The van der Waals surface area contributed by atoms with Crippen molar-refractivity contribution in [2.75, 3.05) is 36.4 Å². The number of fused-ring (bicyclic) bond motifs is 2. The smallest absolute Gasteiger partial charge is 0.261 e. The first kappa shape index (κ1) is 23.3. The lowest BCUT2D eigenvalue weighted by molar-refractivity contribution is -0.123. The summed E-state index contributed by atoms with van der Waals surface area (Å²) in [6.07, 6.45) is 6.28. The topological polar surface area (TPSA) is 92.1 Å². The summed E-state index contributed by atoms with van der Waals surface area (Å²) >= 11 is 0. The molecule has 2 aromatic heterocycles. The number of Topliss-reactive ketones (excluding diaryl/α,β-unsaturated/α-hetero) is 1. The number of nitrogens with zero attached hydrogens (tertiary/aromatic N) is 5. The highest BCUT2D eigenvalue weighted by Crippen LogP contribution is 2.42. The molecule has 0 radical (unpaired) electrons. The van der Waals surface area contributed by atoms with E-state index in [1.54, 1.807) is 29.2 Å². The van der Waals surface area contributed by atoms with Gasteiger partial charge in [-0.1, -0.05) is 6.92 Å². The Balaban J connectivity index is 1.43. The van der Waals surface area contributed by atoms with Crippen molar-refractivity contribution in [2.24, 2.45) is 0 Å². The van der Waals surface area contributed by atoms with Crippen LogP contribution in [-0.2, 0) is 11.2 Å². The highest BCUT2D eigenvalue weighted by Gasteiger charge is 2.33. The maximum absolute atomic E-state index is 13.3. The minimum absolute atomic E-state index is 0.0754. The minimum Gasteiger partial charge on any atom is -0.487 e. The quantitative estimate of drug-likeness (QED) is 0.584. The fourth-order valence-corrected chi connectivity index (χ4v) is 5.03.